The van der Waals surface area contributed by atoms with Crippen molar-refractivity contribution < 1.29 is 14.0 Å². The van der Waals surface area contributed by atoms with Gasteiger partial charge in [-0.15, -0.1) is 0 Å². The largest absolute Gasteiger partial charge is 0.361 e. The van der Waals surface area contributed by atoms with Crippen molar-refractivity contribution in [3.05, 3.63) is 71.7 Å². The van der Waals surface area contributed by atoms with Gasteiger partial charge in [0.1, 0.15) is 5.82 Å². The second kappa shape index (κ2) is 7.84. The molecule has 144 valence electrons. The van der Waals surface area contributed by atoms with Crippen LogP contribution in [-0.2, 0) is 11.3 Å². The summed E-state index contributed by atoms with van der Waals surface area (Å²) in [5, 5.41) is 3.97. The van der Waals surface area contributed by atoms with Crippen LogP contribution in [0.25, 0.3) is 10.9 Å². The van der Waals surface area contributed by atoms with Gasteiger partial charge in [0.2, 0.25) is 5.91 Å². The summed E-state index contributed by atoms with van der Waals surface area (Å²) in [6.07, 6.45) is 3.40. The minimum absolute atomic E-state index is 0.0486. The number of H-pyrrole nitrogens is 1. The number of piperidine rings is 1. The average molecular weight is 379 g/mol. The van der Waals surface area contributed by atoms with Crippen molar-refractivity contribution in [3.63, 3.8) is 0 Å². The van der Waals surface area contributed by atoms with E-state index in [2.05, 4.69) is 10.3 Å². The van der Waals surface area contributed by atoms with E-state index < -0.39 is 0 Å². The van der Waals surface area contributed by atoms with Gasteiger partial charge in [0.05, 0.1) is 5.92 Å². The van der Waals surface area contributed by atoms with E-state index in [0.717, 1.165) is 29.3 Å². The number of aromatic nitrogens is 1. The number of rotatable bonds is 4. The molecule has 2 heterocycles. The van der Waals surface area contributed by atoms with Gasteiger partial charge >= 0.3 is 0 Å². The van der Waals surface area contributed by atoms with E-state index in [9.17, 15) is 14.0 Å². The normalized spacial score (nSPS) is 16.9. The standard InChI is InChI=1S/C22H22FN3O2/c23-19-7-3-15(4-8-19)13-25-21(27)18-2-1-11-26(14-18)22(28)17-6-5-16-9-10-24-20(16)12-17/h3-10,12,18,24H,1-2,11,13-14H2,(H,25,27)/t18-/m0/s1. The van der Waals surface area contributed by atoms with Gasteiger partial charge in [-0.3, -0.25) is 9.59 Å². The quantitative estimate of drug-likeness (QED) is 0.729. The Bertz CT molecular complexity index is 996. The van der Waals surface area contributed by atoms with Crippen LogP contribution in [0.5, 0.6) is 0 Å². The second-order valence-corrected chi connectivity index (χ2v) is 7.21. The van der Waals surface area contributed by atoms with Crippen LogP contribution in [0.1, 0.15) is 28.8 Å². The first-order chi connectivity index (χ1) is 13.6. The minimum atomic E-state index is -0.297. The number of halogens is 1. The number of hydrogen-bond acceptors (Lipinski definition) is 2. The van der Waals surface area contributed by atoms with Gasteiger partial charge in [-0.25, -0.2) is 4.39 Å². The fraction of sp³-hybridized carbons (Fsp3) is 0.273. The molecule has 1 saturated heterocycles. The monoisotopic (exact) mass is 379 g/mol. The number of nitrogens with zero attached hydrogens (tertiary/aromatic N) is 1. The number of carbonyl (C=O) groups excluding carboxylic acids is 2. The van der Waals surface area contributed by atoms with Crippen LogP contribution in [0, 0.1) is 11.7 Å². The molecule has 0 unspecified atom stereocenters. The van der Waals surface area contributed by atoms with Crippen molar-refractivity contribution in [3.8, 4) is 0 Å². The van der Waals surface area contributed by atoms with Crippen LogP contribution in [0.15, 0.2) is 54.7 Å². The summed E-state index contributed by atoms with van der Waals surface area (Å²) in [7, 11) is 0. The number of aromatic amines is 1. The maximum Gasteiger partial charge on any atom is 0.253 e. The van der Waals surface area contributed by atoms with E-state index in [1.807, 2.05) is 30.5 Å². The lowest BCUT2D eigenvalue weighted by molar-refractivity contribution is -0.126. The van der Waals surface area contributed by atoms with Crippen LogP contribution in [0.2, 0.25) is 0 Å². The third kappa shape index (κ3) is 3.91. The van der Waals surface area contributed by atoms with Crippen LogP contribution >= 0.6 is 0 Å². The van der Waals surface area contributed by atoms with E-state index in [4.69, 9.17) is 0 Å². The lowest BCUT2D eigenvalue weighted by Crippen LogP contribution is -2.45. The SMILES string of the molecule is O=C(NCc1ccc(F)cc1)[C@H]1CCCN(C(=O)c2ccc3cc[nH]c3c2)C1. The van der Waals surface area contributed by atoms with E-state index in [-0.39, 0.29) is 23.5 Å². The highest BCUT2D eigenvalue weighted by Crippen LogP contribution is 2.21. The van der Waals surface area contributed by atoms with Crippen LogP contribution in [0.4, 0.5) is 4.39 Å². The molecular formula is C22H22FN3O2. The molecule has 1 aromatic heterocycles. The Hall–Kier alpha value is -3.15. The first kappa shape index (κ1) is 18.2. The van der Waals surface area contributed by atoms with Crippen LogP contribution in [-0.4, -0.2) is 34.8 Å². The summed E-state index contributed by atoms with van der Waals surface area (Å²) < 4.78 is 13.0. The predicted molar refractivity (Wildman–Crippen MR) is 105 cm³/mol. The van der Waals surface area contributed by atoms with Gasteiger partial charge < -0.3 is 15.2 Å². The first-order valence-corrected chi connectivity index (χ1v) is 9.49. The molecule has 1 atom stereocenters. The van der Waals surface area contributed by atoms with E-state index in [1.54, 1.807) is 17.0 Å². The number of benzene rings is 2. The summed E-state index contributed by atoms with van der Waals surface area (Å²) in [4.78, 5) is 30.3. The van der Waals surface area contributed by atoms with Crippen molar-refractivity contribution in [2.24, 2.45) is 5.92 Å². The summed E-state index contributed by atoms with van der Waals surface area (Å²) in [5.74, 6) is -0.643. The maximum atomic E-state index is 13.0. The van der Waals surface area contributed by atoms with E-state index in [1.165, 1.54) is 12.1 Å². The van der Waals surface area contributed by atoms with E-state index in [0.29, 0.717) is 25.2 Å². The molecular weight excluding hydrogens is 357 g/mol. The van der Waals surface area contributed by atoms with Crippen molar-refractivity contribution >= 4 is 22.7 Å². The molecule has 1 fully saturated rings. The van der Waals surface area contributed by atoms with Gasteiger partial charge in [-0.1, -0.05) is 18.2 Å². The van der Waals surface area contributed by atoms with Crippen molar-refractivity contribution in [1.29, 1.82) is 0 Å². The topological polar surface area (TPSA) is 65.2 Å². The number of fused-ring (bicyclic) bond motifs is 1. The molecule has 0 spiro atoms. The molecule has 3 aromatic rings. The molecule has 0 bridgehead atoms. The summed E-state index contributed by atoms with van der Waals surface area (Å²) in [5.41, 5.74) is 2.40. The molecule has 2 aromatic carbocycles. The molecule has 5 nitrogen and oxygen atoms in total. The number of likely N-dealkylation sites (tertiary alicyclic amines) is 1. The number of carbonyl (C=O) groups is 2. The Labute approximate surface area is 162 Å². The molecule has 2 amide bonds. The number of amides is 2. The molecule has 2 N–H and O–H groups in total. The first-order valence-electron chi connectivity index (χ1n) is 9.49. The molecule has 1 aliphatic rings. The van der Waals surface area contributed by atoms with Crippen LogP contribution in [0.3, 0.4) is 0 Å². The highest BCUT2D eigenvalue weighted by molar-refractivity contribution is 5.98. The Kier molecular flexibility index (Phi) is 5.10. The molecule has 6 heteroatoms. The lowest BCUT2D eigenvalue weighted by Gasteiger charge is -2.32. The third-order valence-electron chi connectivity index (χ3n) is 5.26. The summed E-state index contributed by atoms with van der Waals surface area (Å²) in [6, 6.07) is 13.6. The molecule has 4 rings (SSSR count). The van der Waals surface area contributed by atoms with Crippen molar-refractivity contribution in [2.45, 2.75) is 19.4 Å². The van der Waals surface area contributed by atoms with Crippen molar-refractivity contribution in [1.82, 2.24) is 15.2 Å². The molecule has 0 saturated carbocycles. The number of nitrogens with one attached hydrogen (secondary N) is 2. The summed E-state index contributed by atoms with van der Waals surface area (Å²) >= 11 is 0. The average Bonchev–Trinajstić information content (AvgIpc) is 3.20. The molecule has 0 radical (unpaired) electrons. The zero-order valence-corrected chi connectivity index (χ0v) is 15.5. The summed E-state index contributed by atoms with van der Waals surface area (Å²) in [6.45, 7) is 1.42. The molecule has 1 aliphatic heterocycles. The Morgan fingerprint density at radius 1 is 1.14 bits per heavy atom. The zero-order valence-electron chi connectivity index (χ0n) is 15.5. The third-order valence-corrected chi connectivity index (χ3v) is 5.26. The molecule has 0 aliphatic carbocycles. The van der Waals surface area contributed by atoms with E-state index >= 15 is 0 Å². The van der Waals surface area contributed by atoms with Gasteiger partial charge in [-0.2, -0.15) is 0 Å². The minimum Gasteiger partial charge on any atom is -0.361 e. The van der Waals surface area contributed by atoms with Crippen molar-refractivity contribution in [2.75, 3.05) is 13.1 Å². The highest BCUT2D eigenvalue weighted by Gasteiger charge is 2.28. The fourth-order valence-electron chi connectivity index (χ4n) is 3.67. The van der Waals surface area contributed by atoms with Gasteiger partial charge in [0, 0.05) is 36.9 Å². The fourth-order valence-corrected chi connectivity index (χ4v) is 3.67. The number of hydrogen-bond donors (Lipinski definition) is 2. The Morgan fingerprint density at radius 3 is 2.79 bits per heavy atom. The van der Waals surface area contributed by atoms with Gasteiger partial charge in [0.15, 0.2) is 0 Å². The Morgan fingerprint density at radius 2 is 1.96 bits per heavy atom. The smallest absolute Gasteiger partial charge is 0.253 e. The van der Waals surface area contributed by atoms with Gasteiger partial charge in [-0.05, 0) is 54.1 Å². The van der Waals surface area contributed by atoms with Crippen LogP contribution < -0.4 is 5.32 Å². The lowest BCUT2D eigenvalue weighted by atomic mass is 9.96. The Balaban J connectivity index is 1.38. The maximum absolute atomic E-state index is 13.0. The molecule has 28 heavy (non-hydrogen) atoms. The highest BCUT2D eigenvalue weighted by atomic mass is 19.1. The van der Waals surface area contributed by atoms with Gasteiger partial charge in [0.25, 0.3) is 5.91 Å². The zero-order chi connectivity index (χ0) is 19.5. The predicted octanol–water partition coefficient (Wildman–Crippen LogP) is 3.48. The second-order valence-electron chi connectivity index (χ2n) is 7.21.